The molecule has 7 nitrogen and oxygen atoms in total. The number of anilines is 1. The largest absolute Gasteiger partial charge is 0.486 e. The maximum atomic E-state index is 12.5. The van der Waals surface area contributed by atoms with Gasteiger partial charge in [-0.3, -0.25) is 4.79 Å². The average molecular weight is 373 g/mol. The van der Waals surface area contributed by atoms with Crippen LogP contribution in [0.2, 0.25) is 0 Å². The second-order valence-electron chi connectivity index (χ2n) is 7.54. The molecule has 0 bridgehead atoms. The number of benzene rings is 1. The van der Waals surface area contributed by atoms with Gasteiger partial charge in [-0.25, -0.2) is 4.79 Å². The van der Waals surface area contributed by atoms with Crippen molar-refractivity contribution in [3.63, 3.8) is 0 Å². The molecule has 1 saturated heterocycles. The van der Waals surface area contributed by atoms with E-state index in [1.54, 1.807) is 4.90 Å². The summed E-state index contributed by atoms with van der Waals surface area (Å²) in [5.41, 5.74) is 0.776. The lowest BCUT2D eigenvalue weighted by molar-refractivity contribution is -0.117. The number of hydrogen-bond donors (Lipinski definition) is 2. The maximum absolute atomic E-state index is 12.5. The van der Waals surface area contributed by atoms with Crippen molar-refractivity contribution in [2.24, 2.45) is 0 Å². The van der Waals surface area contributed by atoms with Crippen LogP contribution in [0.5, 0.6) is 11.5 Å². The third kappa shape index (κ3) is 4.28. The summed E-state index contributed by atoms with van der Waals surface area (Å²) in [5, 5.41) is 6.05. The van der Waals surface area contributed by atoms with Crippen LogP contribution in [-0.4, -0.2) is 43.8 Å². The van der Waals surface area contributed by atoms with Gasteiger partial charge in [-0.15, -0.1) is 0 Å². The summed E-state index contributed by atoms with van der Waals surface area (Å²) in [4.78, 5) is 26.5. The predicted molar refractivity (Wildman–Crippen MR) is 101 cm³/mol. The molecule has 0 unspecified atom stereocenters. The molecule has 4 rings (SSSR count). The summed E-state index contributed by atoms with van der Waals surface area (Å²) < 4.78 is 11.1. The molecule has 1 aromatic rings. The minimum atomic E-state index is -0.184. The number of carbonyl (C=O) groups excluding carboxylic acids is 2. The Labute approximate surface area is 159 Å². The van der Waals surface area contributed by atoms with Crippen LogP contribution in [-0.2, 0) is 4.79 Å². The number of nitrogens with zero attached hydrogens (tertiary/aromatic N) is 1. The topological polar surface area (TPSA) is 79.9 Å². The fourth-order valence-electron chi connectivity index (χ4n) is 4.09. The molecule has 1 aliphatic carbocycles. The normalized spacial score (nSPS) is 23.0. The van der Waals surface area contributed by atoms with E-state index in [1.807, 2.05) is 18.2 Å². The van der Waals surface area contributed by atoms with Crippen LogP contribution in [0, 0.1) is 0 Å². The zero-order valence-electron chi connectivity index (χ0n) is 15.5. The Balaban J connectivity index is 1.34. The van der Waals surface area contributed by atoms with E-state index in [2.05, 4.69) is 10.6 Å². The molecule has 1 saturated carbocycles. The highest BCUT2D eigenvalue weighted by molar-refractivity contribution is 5.97. The quantitative estimate of drug-likeness (QED) is 0.798. The number of nitrogens with one attached hydrogen (secondary N) is 2. The third-order valence-electron chi connectivity index (χ3n) is 5.49. The molecule has 27 heavy (non-hydrogen) atoms. The standard InChI is InChI=1S/C20H27N3O4/c24-19-11-15(22-20(25)21-14-5-3-1-2-4-6-14)13-23(19)16-7-8-17-18(12-16)27-10-9-26-17/h7-8,12,14-15H,1-6,9-11,13H2,(H2,21,22,25)/t15-/m1/s1. The number of ether oxygens (including phenoxy) is 2. The smallest absolute Gasteiger partial charge is 0.315 e. The summed E-state index contributed by atoms with van der Waals surface area (Å²) >= 11 is 0. The molecular formula is C20H27N3O4. The van der Waals surface area contributed by atoms with Crippen LogP contribution in [0.4, 0.5) is 10.5 Å². The van der Waals surface area contributed by atoms with Crippen LogP contribution in [0.25, 0.3) is 0 Å². The lowest BCUT2D eigenvalue weighted by atomic mass is 10.1. The Morgan fingerprint density at radius 3 is 2.44 bits per heavy atom. The van der Waals surface area contributed by atoms with Gasteiger partial charge in [-0.05, 0) is 25.0 Å². The molecule has 7 heteroatoms. The first-order valence-electron chi connectivity index (χ1n) is 9.96. The minimum absolute atomic E-state index is 0.00597. The van der Waals surface area contributed by atoms with Crippen molar-refractivity contribution < 1.29 is 19.1 Å². The molecule has 0 radical (unpaired) electrons. The van der Waals surface area contributed by atoms with Crippen molar-refractivity contribution in [1.82, 2.24) is 10.6 Å². The van der Waals surface area contributed by atoms with E-state index in [1.165, 1.54) is 25.7 Å². The molecular weight excluding hydrogens is 346 g/mol. The number of carbonyl (C=O) groups is 2. The molecule has 0 spiro atoms. The second-order valence-corrected chi connectivity index (χ2v) is 7.54. The fourth-order valence-corrected chi connectivity index (χ4v) is 4.09. The van der Waals surface area contributed by atoms with Crippen LogP contribution < -0.4 is 25.0 Å². The molecule has 2 aliphatic heterocycles. The first kappa shape index (κ1) is 17.9. The summed E-state index contributed by atoms with van der Waals surface area (Å²) in [5.74, 6) is 1.37. The molecule has 1 atom stereocenters. The lowest BCUT2D eigenvalue weighted by Crippen LogP contribution is -2.47. The average Bonchev–Trinajstić information content (AvgIpc) is 2.86. The van der Waals surface area contributed by atoms with Crippen LogP contribution in [0.3, 0.4) is 0 Å². The Hall–Kier alpha value is -2.44. The van der Waals surface area contributed by atoms with E-state index in [4.69, 9.17) is 9.47 Å². The Kier molecular flexibility index (Phi) is 5.36. The third-order valence-corrected chi connectivity index (χ3v) is 5.49. The summed E-state index contributed by atoms with van der Waals surface area (Å²) in [7, 11) is 0. The first-order chi connectivity index (χ1) is 13.2. The van der Waals surface area contributed by atoms with Gasteiger partial charge in [0.1, 0.15) is 13.2 Å². The first-order valence-corrected chi connectivity index (χ1v) is 9.96. The monoisotopic (exact) mass is 373 g/mol. The van der Waals surface area contributed by atoms with Gasteiger partial charge in [-0.1, -0.05) is 25.7 Å². The number of fused-ring (bicyclic) bond motifs is 1. The van der Waals surface area contributed by atoms with E-state index >= 15 is 0 Å². The molecule has 1 aromatic carbocycles. The summed E-state index contributed by atoms with van der Waals surface area (Å²) in [6.45, 7) is 1.52. The summed E-state index contributed by atoms with van der Waals surface area (Å²) in [6, 6.07) is 5.43. The minimum Gasteiger partial charge on any atom is -0.486 e. The number of rotatable bonds is 3. The molecule has 2 heterocycles. The van der Waals surface area contributed by atoms with Crippen LogP contribution in [0.1, 0.15) is 44.9 Å². The lowest BCUT2D eigenvalue weighted by Gasteiger charge is -2.22. The van der Waals surface area contributed by atoms with E-state index in [0.29, 0.717) is 37.7 Å². The number of urea groups is 1. The van der Waals surface area contributed by atoms with Gasteiger partial charge in [0.05, 0.1) is 6.04 Å². The van der Waals surface area contributed by atoms with Crippen molar-refractivity contribution >= 4 is 17.6 Å². The highest BCUT2D eigenvalue weighted by Crippen LogP contribution is 2.35. The van der Waals surface area contributed by atoms with Crippen LogP contribution >= 0.6 is 0 Å². The second kappa shape index (κ2) is 8.06. The molecule has 3 aliphatic rings. The van der Waals surface area contributed by atoms with Crippen molar-refractivity contribution in [2.75, 3.05) is 24.7 Å². The Morgan fingerprint density at radius 1 is 0.963 bits per heavy atom. The molecule has 0 aromatic heterocycles. The van der Waals surface area contributed by atoms with Crippen LogP contribution in [0.15, 0.2) is 18.2 Å². The zero-order chi connectivity index (χ0) is 18.6. The van der Waals surface area contributed by atoms with E-state index in [9.17, 15) is 9.59 Å². The van der Waals surface area contributed by atoms with Crippen molar-refractivity contribution in [2.45, 2.75) is 57.0 Å². The Morgan fingerprint density at radius 2 is 1.67 bits per heavy atom. The van der Waals surface area contributed by atoms with E-state index < -0.39 is 0 Å². The molecule has 3 amide bonds. The SMILES string of the molecule is O=C(NC1CCCCCC1)N[C@@H]1CC(=O)N(c2ccc3c(c2)OCCO3)C1. The number of hydrogen-bond acceptors (Lipinski definition) is 4. The molecule has 2 N–H and O–H groups in total. The predicted octanol–water partition coefficient (Wildman–Crippen LogP) is 2.59. The maximum Gasteiger partial charge on any atom is 0.315 e. The summed E-state index contributed by atoms with van der Waals surface area (Å²) in [6.07, 6.45) is 7.24. The Bertz CT molecular complexity index is 700. The van der Waals surface area contributed by atoms with Gasteiger partial charge in [0.2, 0.25) is 5.91 Å². The van der Waals surface area contributed by atoms with Gasteiger partial charge in [0, 0.05) is 30.8 Å². The fraction of sp³-hybridized carbons (Fsp3) is 0.600. The molecule has 146 valence electrons. The van der Waals surface area contributed by atoms with Crippen molar-refractivity contribution in [3.8, 4) is 11.5 Å². The van der Waals surface area contributed by atoms with E-state index in [-0.39, 0.29) is 24.0 Å². The number of amides is 3. The van der Waals surface area contributed by atoms with Gasteiger partial charge < -0.3 is 25.0 Å². The van der Waals surface area contributed by atoms with Crippen molar-refractivity contribution in [3.05, 3.63) is 18.2 Å². The van der Waals surface area contributed by atoms with Gasteiger partial charge >= 0.3 is 6.03 Å². The van der Waals surface area contributed by atoms with Gasteiger partial charge in [-0.2, -0.15) is 0 Å². The van der Waals surface area contributed by atoms with Gasteiger partial charge in [0.15, 0.2) is 11.5 Å². The highest BCUT2D eigenvalue weighted by Gasteiger charge is 2.32. The zero-order valence-corrected chi connectivity index (χ0v) is 15.5. The highest BCUT2D eigenvalue weighted by atomic mass is 16.6. The van der Waals surface area contributed by atoms with Crippen molar-refractivity contribution in [1.29, 1.82) is 0 Å². The van der Waals surface area contributed by atoms with E-state index in [0.717, 1.165) is 18.5 Å². The molecule has 2 fully saturated rings. The van der Waals surface area contributed by atoms with Gasteiger partial charge in [0.25, 0.3) is 0 Å².